The van der Waals surface area contributed by atoms with Crippen LogP contribution in [0.5, 0.6) is 5.75 Å². The minimum absolute atomic E-state index is 0.233. The van der Waals surface area contributed by atoms with Gasteiger partial charge in [-0.3, -0.25) is 19.3 Å². The zero-order valence-electron chi connectivity index (χ0n) is 15.3. The van der Waals surface area contributed by atoms with Crippen LogP contribution in [0.15, 0.2) is 18.2 Å². The fourth-order valence-corrected chi connectivity index (χ4v) is 2.45. The smallest absolute Gasteiger partial charge is 0.304 e. The molecule has 25 heavy (non-hydrogen) atoms. The van der Waals surface area contributed by atoms with Crippen LogP contribution < -0.4 is 15.0 Å². The van der Waals surface area contributed by atoms with Gasteiger partial charge in [0.05, 0.1) is 12.8 Å². The van der Waals surface area contributed by atoms with E-state index in [1.165, 1.54) is 27.9 Å². The lowest BCUT2D eigenvalue weighted by atomic mass is 10.2. The van der Waals surface area contributed by atoms with Gasteiger partial charge < -0.3 is 19.5 Å². The number of esters is 2. The van der Waals surface area contributed by atoms with E-state index in [-0.39, 0.29) is 5.91 Å². The summed E-state index contributed by atoms with van der Waals surface area (Å²) in [5.74, 6) is -0.732. The highest BCUT2D eigenvalue weighted by Crippen LogP contribution is 2.34. The van der Waals surface area contributed by atoms with Crippen LogP contribution in [-0.2, 0) is 23.9 Å². The van der Waals surface area contributed by atoms with Crippen molar-refractivity contribution in [2.45, 2.75) is 47.1 Å². The van der Waals surface area contributed by atoms with E-state index in [1.807, 2.05) is 0 Å². The Hall–Kier alpha value is -2.77. The molecule has 0 heterocycles. The monoisotopic (exact) mass is 352 g/mol. The third kappa shape index (κ3) is 5.98. The quantitative estimate of drug-likeness (QED) is 0.594. The maximum Gasteiger partial charge on any atom is 0.304 e. The van der Waals surface area contributed by atoms with E-state index in [4.69, 9.17) is 14.2 Å². The summed E-state index contributed by atoms with van der Waals surface area (Å²) < 4.78 is 15.8. The highest BCUT2D eigenvalue weighted by molar-refractivity contribution is 5.89. The molecule has 0 saturated carbocycles. The molecule has 0 aliphatic heterocycles. The van der Waals surface area contributed by atoms with Crippen LogP contribution in [0, 0.1) is 0 Å². The van der Waals surface area contributed by atoms with Gasteiger partial charge in [-0.1, -0.05) is 0 Å². The number of amides is 1. The van der Waals surface area contributed by atoms with Gasteiger partial charge in [0.2, 0.25) is 5.91 Å². The molecule has 0 aliphatic rings. The van der Waals surface area contributed by atoms with Gasteiger partial charge in [0.25, 0.3) is 0 Å². The largest absolute Gasteiger partial charge is 0.495 e. The van der Waals surface area contributed by atoms with Gasteiger partial charge in [-0.25, -0.2) is 0 Å². The molecule has 1 rings (SSSR count). The summed E-state index contributed by atoms with van der Waals surface area (Å²) in [6, 6.07) is 4.99. The fraction of sp³-hybridized carbons (Fsp3) is 0.471. The molecule has 1 aromatic carbocycles. The van der Waals surface area contributed by atoms with Gasteiger partial charge in [-0.05, 0) is 32.0 Å². The first kappa shape index (κ1) is 20.3. The number of anilines is 2. The summed E-state index contributed by atoms with van der Waals surface area (Å²) in [6.07, 6.45) is -1.48. The Morgan fingerprint density at radius 3 is 1.92 bits per heavy atom. The van der Waals surface area contributed by atoms with Crippen LogP contribution >= 0.6 is 0 Å². The lowest BCUT2D eigenvalue weighted by Crippen LogP contribution is -2.45. The van der Waals surface area contributed by atoms with E-state index in [2.05, 4.69) is 5.32 Å². The number of hydrogen-bond acceptors (Lipinski definition) is 7. The van der Waals surface area contributed by atoms with Gasteiger partial charge in [-0.15, -0.1) is 0 Å². The van der Waals surface area contributed by atoms with Crippen LogP contribution in [0.2, 0.25) is 0 Å². The molecule has 2 atom stereocenters. The molecule has 0 radical (unpaired) electrons. The first-order valence-corrected chi connectivity index (χ1v) is 7.74. The number of ether oxygens (including phenoxy) is 3. The zero-order chi connectivity index (χ0) is 19.1. The lowest BCUT2D eigenvalue weighted by Gasteiger charge is -2.35. The van der Waals surface area contributed by atoms with Crippen molar-refractivity contribution >= 4 is 29.2 Å². The molecule has 0 fully saturated rings. The molecular formula is C17H24N2O6. The lowest BCUT2D eigenvalue weighted by molar-refractivity contribution is -0.150. The highest BCUT2D eigenvalue weighted by atomic mass is 16.6. The predicted molar refractivity (Wildman–Crippen MR) is 92.2 cm³/mol. The standard InChI is InChI=1S/C17H24N2O6/c1-10(20)18-15-7-8-17(23-6)16(9-15)19(11(2)24-13(4)21)12(3)25-14(5)22/h7-9,11-12H,1-6H3,(H,18,20). The third-order valence-corrected chi connectivity index (χ3v) is 3.23. The van der Waals surface area contributed by atoms with Gasteiger partial charge in [0, 0.05) is 26.5 Å². The predicted octanol–water partition coefficient (Wildman–Crippen LogP) is 2.28. The van der Waals surface area contributed by atoms with Gasteiger partial charge >= 0.3 is 11.9 Å². The molecule has 8 heteroatoms. The van der Waals surface area contributed by atoms with E-state index >= 15 is 0 Å². The Balaban J connectivity index is 3.36. The van der Waals surface area contributed by atoms with E-state index in [0.717, 1.165) is 0 Å². The molecule has 0 aromatic heterocycles. The Labute approximate surface area is 147 Å². The van der Waals surface area contributed by atoms with Crippen molar-refractivity contribution in [2.75, 3.05) is 17.3 Å². The molecule has 2 unspecified atom stereocenters. The molecule has 138 valence electrons. The topological polar surface area (TPSA) is 94.2 Å². The number of benzene rings is 1. The normalized spacial score (nSPS) is 12.6. The van der Waals surface area contributed by atoms with Crippen molar-refractivity contribution in [3.05, 3.63) is 18.2 Å². The zero-order valence-corrected chi connectivity index (χ0v) is 15.3. The third-order valence-electron chi connectivity index (χ3n) is 3.23. The Morgan fingerprint density at radius 2 is 1.52 bits per heavy atom. The number of rotatable bonds is 7. The Kier molecular flexibility index (Phi) is 7.22. The molecule has 8 nitrogen and oxygen atoms in total. The van der Waals surface area contributed by atoms with Gasteiger partial charge in [0.15, 0.2) is 12.5 Å². The minimum atomic E-state index is -0.742. The maximum atomic E-state index is 11.4. The number of methoxy groups -OCH3 is 1. The van der Waals surface area contributed by atoms with Crippen LogP contribution in [0.25, 0.3) is 0 Å². The minimum Gasteiger partial charge on any atom is -0.495 e. The number of nitrogens with one attached hydrogen (secondary N) is 1. The van der Waals surface area contributed by atoms with E-state index in [9.17, 15) is 14.4 Å². The van der Waals surface area contributed by atoms with E-state index < -0.39 is 24.4 Å². The SMILES string of the molecule is COc1ccc(NC(C)=O)cc1N(C(C)OC(C)=O)C(C)OC(C)=O. The average Bonchev–Trinajstić information content (AvgIpc) is 2.45. The van der Waals surface area contributed by atoms with Crippen molar-refractivity contribution in [1.29, 1.82) is 0 Å². The molecule has 0 saturated heterocycles. The summed E-state index contributed by atoms with van der Waals surface area (Å²) in [5, 5.41) is 2.67. The van der Waals surface area contributed by atoms with E-state index in [0.29, 0.717) is 17.1 Å². The van der Waals surface area contributed by atoms with Crippen LogP contribution in [0.3, 0.4) is 0 Å². The molecule has 0 spiro atoms. The second-order valence-corrected chi connectivity index (χ2v) is 5.39. The molecule has 0 bridgehead atoms. The van der Waals surface area contributed by atoms with E-state index in [1.54, 1.807) is 36.9 Å². The number of hydrogen-bond donors (Lipinski definition) is 1. The number of carbonyl (C=O) groups is 3. The molecule has 1 aromatic rings. The highest BCUT2D eigenvalue weighted by Gasteiger charge is 2.27. The van der Waals surface area contributed by atoms with Crippen molar-refractivity contribution in [1.82, 2.24) is 0 Å². The summed E-state index contributed by atoms with van der Waals surface area (Å²) in [5.41, 5.74) is 1.02. The van der Waals surface area contributed by atoms with Crippen LogP contribution in [0.4, 0.5) is 11.4 Å². The summed E-state index contributed by atoms with van der Waals surface area (Å²) in [7, 11) is 1.49. The summed E-state index contributed by atoms with van der Waals surface area (Å²) >= 11 is 0. The first-order valence-electron chi connectivity index (χ1n) is 7.74. The van der Waals surface area contributed by atoms with Crippen LogP contribution in [-0.4, -0.2) is 37.4 Å². The second-order valence-electron chi connectivity index (χ2n) is 5.39. The number of carbonyl (C=O) groups excluding carboxylic acids is 3. The summed E-state index contributed by atoms with van der Waals surface area (Å²) in [4.78, 5) is 35.6. The van der Waals surface area contributed by atoms with Crippen LogP contribution in [0.1, 0.15) is 34.6 Å². The van der Waals surface area contributed by atoms with Gasteiger partial charge in [-0.2, -0.15) is 0 Å². The molecule has 1 amide bonds. The summed E-state index contributed by atoms with van der Waals surface area (Å²) in [6.45, 7) is 7.26. The molecule has 0 aliphatic carbocycles. The van der Waals surface area contributed by atoms with Crippen molar-refractivity contribution < 1.29 is 28.6 Å². The van der Waals surface area contributed by atoms with Crippen molar-refractivity contribution in [3.63, 3.8) is 0 Å². The average molecular weight is 352 g/mol. The molecule has 1 N–H and O–H groups in total. The van der Waals surface area contributed by atoms with Crippen molar-refractivity contribution in [3.8, 4) is 5.75 Å². The maximum absolute atomic E-state index is 11.4. The second kappa shape index (κ2) is 8.91. The molecular weight excluding hydrogens is 328 g/mol. The Bertz CT molecular complexity index is 624. The van der Waals surface area contributed by atoms with Crippen molar-refractivity contribution in [2.24, 2.45) is 0 Å². The van der Waals surface area contributed by atoms with Gasteiger partial charge in [0.1, 0.15) is 5.75 Å². The fourth-order valence-electron chi connectivity index (χ4n) is 2.45. The first-order chi connectivity index (χ1) is 11.6. The number of nitrogens with zero attached hydrogens (tertiary/aromatic N) is 1. The Morgan fingerprint density at radius 1 is 1.00 bits per heavy atom.